The topological polar surface area (TPSA) is 45.5 Å². The smallest absolute Gasteiger partial charge is 0.246 e. The van der Waals surface area contributed by atoms with E-state index in [9.17, 15) is 4.79 Å². The summed E-state index contributed by atoms with van der Waals surface area (Å²) in [7, 11) is 0. The van der Waals surface area contributed by atoms with Crippen molar-refractivity contribution in [3.8, 4) is 0 Å². The fraction of sp³-hybridized carbons (Fsp3) is 0.533. The minimum absolute atomic E-state index is 0.0418. The molecule has 104 valence electrons. The van der Waals surface area contributed by atoms with Crippen molar-refractivity contribution in [3.05, 3.63) is 30.2 Å². The third-order valence-electron chi connectivity index (χ3n) is 3.42. The van der Waals surface area contributed by atoms with Crippen molar-refractivity contribution in [1.29, 1.82) is 0 Å². The second kappa shape index (κ2) is 6.57. The highest BCUT2D eigenvalue weighted by atomic mass is 16.3. The molecule has 0 spiro atoms. The Morgan fingerprint density at radius 1 is 1.63 bits per heavy atom. The number of nitrogens with one attached hydrogen (secondary N) is 1. The predicted molar refractivity (Wildman–Crippen MR) is 75.6 cm³/mol. The van der Waals surface area contributed by atoms with Crippen LogP contribution in [0.25, 0.3) is 6.08 Å². The lowest BCUT2D eigenvalue weighted by molar-refractivity contribution is -0.127. The van der Waals surface area contributed by atoms with Gasteiger partial charge in [0.1, 0.15) is 5.76 Å². The molecule has 1 saturated heterocycles. The lowest BCUT2D eigenvalue weighted by Crippen LogP contribution is -2.44. The fourth-order valence-corrected chi connectivity index (χ4v) is 2.34. The maximum atomic E-state index is 12.2. The summed E-state index contributed by atoms with van der Waals surface area (Å²) in [6.45, 7) is 5.94. The van der Waals surface area contributed by atoms with E-state index in [1.807, 2.05) is 30.9 Å². The summed E-state index contributed by atoms with van der Waals surface area (Å²) in [5, 5.41) is 3.43. The molecule has 1 aliphatic heterocycles. The highest BCUT2D eigenvalue weighted by Crippen LogP contribution is 2.11. The van der Waals surface area contributed by atoms with Gasteiger partial charge in [0.05, 0.1) is 6.26 Å². The number of carbonyl (C=O) groups excluding carboxylic acids is 1. The SMILES string of the molecule is CC(C)N(CC1CCCN1)C(=O)/C=C/c1ccco1. The number of hydrogen-bond acceptors (Lipinski definition) is 3. The van der Waals surface area contributed by atoms with Gasteiger partial charge in [-0.25, -0.2) is 0 Å². The van der Waals surface area contributed by atoms with Crippen molar-refractivity contribution < 1.29 is 9.21 Å². The van der Waals surface area contributed by atoms with Gasteiger partial charge in [0.15, 0.2) is 0 Å². The van der Waals surface area contributed by atoms with Gasteiger partial charge in [-0.15, -0.1) is 0 Å². The number of furan rings is 1. The number of hydrogen-bond donors (Lipinski definition) is 1. The first-order valence-electron chi connectivity index (χ1n) is 6.92. The molecule has 1 aromatic heterocycles. The zero-order valence-electron chi connectivity index (χ0n) is 11.6. The van der Waals surface area contributed by atoms with Crippen molar-refractivity contribution in [2.45, 2.75) is 38.8 Å². The summed E-state index contributed by atoms with van der Waals surface area (Å²) in [5.74, 6) is 0.746. The molecule has 0 saturated carbocycles. The molecule has 4 heteroatoms. The Bertz CT molecular complexity index is 417. The van der Waals surface area contributed by atoms with Crippen LogP contribution in [0, 0.1) is 0 Å². The van der Waals surface area contributed by atoms with Crippen molar-refractivity contribution in [2.24, 2.45) is 0 Å². The van der Waals surface area contributed by atoms with Gasteiger partial charge in [-0.2, -0.15) is 0 Å². The molecule has 4 nitrogen and oxygen atoms in total. The molecule has 1 aromatic rings. The van der Waals surface area contributed by atoms with Crippen molar-refractivity contribution in [2.75, 3.05) is 13.1 Å². The van der Waals surface area contributed by atoms with Crippen molar-refractivity contribution in [3.63, 3.8) is 0 Å². The van der Waals surface area contributed by atoms with E-state index in [-0.39, 0.29) is 11.9 Å². The lowest BCUT2D eigenvalue weighted by atomic mass is 10.2. The Morgan fingerprint density at radius 3 is 3.05 bits per heavy atom. The van der Waals surface area contributed by atoms with E-state index in [0.717, 1.165) is 19.5 Å². The zero-order valence-corrected chi connectivity index (χ0v) is 11.6. The summed E-state index contributed by atoms with van der Waals surface area (Å²) in [5.41, 5.74) is 0. The van der Waals surface area contributed by atoms with Crippen LogP contribution in [0.1, 0.15) is 32.4 Å². The van der Waals surface area contributed by atoms with E-state index in [1.54, 1.807) is 18.4 Å². The minimum Gasteiger partial charge on any atom is -0.465 e. The average Bonchev–Trinajstić information content (AvgIpc) is 3.05. The third kappa shape index (κ3) is 3.96. The first-order chi connectivity index (χ1) is 9.16. The highest BCUT2D eigenvalue weighted by molar-refractivity contribution is 5.91. The fourth-order valence-electron chi connectivity index (χ4n) is 2.34. The molecule has 0 radical (unpaired) electrons. The third-order valence-corrected chi connectivity index (χ3v) is 3.42. The van der Waals surface area contributed by atoms with Gasteiger partial charge in [-0.3, -0.25) is 4.79 Å². The van der Waals surface area contributed by atoms with Crippen molar-refractivity contribution in [1.82, 2.24) is 10.2 Å². The molecule has 1 atom stereocenters. The number of rotatable bonds is 5. The molecule has 1 fully saturated rings. The summed E-state index contributed by atoms with van der Waals surface area (Å²) >= 11 is 0. The Hall–Kier alpha value is -1.55. The molecule has 1 N–H and O–H groups in total. The Morgan fingerprint density at radius 2 is 2.47 bits per heavy atom. The molecule has 1 unspecified atom stereocenters. The molecule has 0 aliphatic carbocycles. The Balaban J connectivity index is 1.95. The van der Waals surface area contributed by atoms with Gasteiger partial charge in [-0.05, 0) is 51.4 Å². The average molecular weight is 262 g/mol. The van der Waals surface area contributed by atoms with Crippen LogP contribution < -0.4 is 5.32 Å². The van der Waals surface area contributed by atoms with E-state index in [2.05, 4.69) is 5.32 Å². The van der Waals surface area contributed by atoms with E-state index < -0.39 is 0 Å². The predicted octanol–water partition coefficient (Wildman–Crippen LogP) is 2.28. The summed E-state index contributed by atoms with van der Waals surface area (Å²) < 4.78 is 5.19. The monoisotopic (exact) mass is 262 g/mol. The minimum atomic E-state index is 0.0418. The highest BCUT2D eigenvalue weighted by Gasteiger charge is 2.22. The molecule has 2 heterocycles. The quantitative estimate of drug-likeness (QED) is 0.828. The molecule has 0 bridgehead atoms. The first-order valence-corrected chi connectivity index (χ1v) is 6.92. The maximum Gasteiger partial charge on any atom is 0.246 e. The summed E-state index contributed by atoms with van der Waals surface area (Å²) in [4.78, 5) is 14.1. The number of amides is 1. The molecule has 1 amide bonds. The summed E-state index contributed by atoms with van der Waals surface area (Å²) in [6, 6.07) is 4.29. The van der Waals surface area contributed by atoms with Gasteiger partial charge in [0.2, 0.25) is 5.91 Å². The summed E-state index contributed by atoms with van der Waals surface area (Å²) in [6.07, 6.45) is 7.27. The second-order valence-electron chi connectivity index (χ2n) is 5.23. The van der Waals surface area contributed by atoms with Crippen LogP contribution >= 0.6 is 0 Å². The van der Waals surface area contributed by atoms with Crippen LogP contribution in [0.15, 0.2) is 28.9 Å². The first kappa shape index (κ1) is 13.9. The van der Waals surface area contributed by atoms with E-state index in [4.69, 9.17) is 4.42 Å². The van der Waals surface area contributed by atoms with Gasteiger partial charge in [0, 0.05) is 24.7 Å². The van der Waals surface area contributed by atoms with Crippen LogP contribution in [0.4, 0.5) is 0 Å². The Labute approximate surface area is 114 Å². The molecule has 2 rings (SSSR count). The lowest BCUT2D eigenvalue weighted by Gasteiger charge is -2.28. The molecular formula is C15H22N2O2. The maximum absolute atomic E-state index is 12.2. The van der Waals surface area contributed by atoms with Crippen LogP contribution in [-0.4, -0.2) is 36.0 Å². The van der Waals surface area contributed by atoms with Gasteiger partial charge >= 0.3 is 0 Å². The standard InChI is InChI=1S/C15H22N2O2/c1-12(2)17(11-13-5-3-9-16-13)15(18)8-7-14-6-4-10-19-14/h4,6-8,10,12-13,16H,3,5,9,11H2,1-2H3/b8-7+. The molecule has 19 heavy (non-hydrogen) atoms. The van der Waals surface area contributed by atoms with Crippen LogP contribution in [0.5, 0.6) is 0 Å². The molecule has 0 aromatic carbocycles. The van der Waals surface area contributed by atoms with E-state index in [1.165, 1.54) is 6.42 Å². The normalized spacial score (nSPS) is 19.4. The number of carbonyl (C=O) groups is 1. The molecule has 1 aliphatic rings. The van der Waals surface area contributed by atoms with Crippen LogP contribution in [-0.2, 0) is 4.79 Å². The van der Waals surface area contributed by atoms with E-state index >= 15 is 0 Å². The molecular weight excluding hydrogens is 240 g/mol. The van der Waals surface area contributed by atoms with Crippen LogP contribution in [0.2, 0.25) is 0 Å². The van der Waals surface area contributed by atoms with Gasteiger partial charge < -0.3 is 14.6 Å². The largest absolute Gasteiger partial charge is 0.465 e. The number of nitrogens with zero attached hydrogens (tertiary/aromatic N) is 1. The van der Waals surface area contributed by atoms with Crippen LogP contribution in [0.3, 0.4) is 0 Å². The van der Waals surface area contributed by atoms with Gasteiger partial charge in [-0.1, -0.05) is 0 Å². The second-order valence-corrected chi connectivity index (χ2v) is 5.23. The van der Waals surface area contributed by atoms with E-state index in [0.29, 0.717) is 11.8 Å². The van der Waals surface area contributed by atoms with Crippen molar-refractivity contribution >= 4 is 12.0 Å². The Kier molecular flexibility index (Phi) is 4.80. The zero-order chi connectivity index (χ0) is 13.7. The van der Waals surface area contributed by atoms with Gasteiger partial charge in [0.25, 0.3) is 0 Å².